The van der Waals surface area contributed by atoms with E-state index in [-0.39, 0.29) is 10.7 Å². The van der Waals surface area contributed by atoms with Crippen molar-refractivity contribution in [1.82, 2.24) is 0 Å². The molecule has 3 rings (SSSR count). The first-order valence-corrected chi connectivity index (χ1v) is 13.6. The van der Waals surface area contributed by atoms with Crippen LogP contribution in [0.4, 0.5) is 0 Å². The highest BCUT2D eigenvalue weighted by molar-refractivity contribution is 7.94. The summed E-state index contributed by atoms with van der Waals surface area (Å²) in [6, 6.07) is 16.7. The van der Waals surface area contributed by atoms with Gasteiger partial charge in [-0.15, -0.1) is 0 Å². The third-order valence-corrected chi connectivity index (χ3v) is 8.26. The number of carbonyl (C=O) groups is 1. The number of rotatable bonds is 12. The SMILES string of the molecule is Cc1ccc(S(=O)(=O)/C=C/C[C@]2(C)CCC(=O)[C@H]2[C@@H](O)CCCCOCc2ccccc2)cc1. The van der Waals surface area contributed by atoms with E-state index >= 15 is 0 Å². The summed E-state index contributed by atoms with van der Waals surface area (Å²) in [7, 11) is -3.53. The normalized spacial score (nSPS) is 21.9. The highest BCUT2D eigenvalue weighted by Crippen LogP contribution is 2.46. The van der Waals surface area contributed by atoms with Gasteiger partial charge in [0.25, 0.3) is 0 Å². The summed E-state index contributed by atoms with van der Waals surface area (Å²) in [5, 5.41) is 12.1. The van der Waals surface area contributed by atoms with Crippen LogP contribution in [0.15, 0.2) is 71.0 Å². The number of allylic oxidation sites excluding steroid dienone is 1. The van der Waals surface area contributed by atoms with Gasteiger partial charge in [0, 0.05) is 24.4 Å². The lowest BCUT2D eigenvalue weighted by Gasteiger charge is -2.32. The highest BCUT2D eigenvalue weighted by Gasteiger charge is 2.47. The van der Waals surface area contributed by atoms with Gasteiger partial charge >= 0.3 is 0 Å². The average molecular weight is 485 g/mol. The predicted octanol–water partition coefficient (Wildman–Crippen LogP) is 5.41. The van der Waals surface area contributed by atoms with E-state index < -0.39 is 27.3 Å². The standard InChI is InChI=1S/C28H36O5S/c1-22-12-14-24(15-13-22)34(31,32)20-8-17-28(2)18-16-26(30)27(28)25(29)11-6-7-19-33-21-23-9-4-3-5-10-23/h3-5,8-10,12-15,20,25,27,29H,6-7,11,16-19,21H2,1-2H3/b20-8+/t25-,27+,28+/m0/s1. The number of ketones is 1. The molecule has 0 amide bonds. The van der Waals surface area contributed by atoms with Gasteiger partial charge in [-0.1, -0.05) is 61.0 Å². The molecule has 0 saturated heterocycles. The Hall–Kier alpha value is -2.28. The number of carbonyl (C=O) groups excluding carboxylic acids is 1. The number of unbranched alkanes of at least 4 members (excludes halogenated alkanes) is 1. The van der Waals surface area contributed by atoms with Gasteiger partial charge in [-0.2, -0.15) is 0 Å². The third-order valence-electron chi connectivity index (χ3n) is 6.78. The fraction of sp³-hybridized carbons (Fsp3) is 0.464. The van der Waals surface area contributed by atoms with Crippen LogP contribution in [0.3, 0.4) is 0 Å². The Morgan fingerprint density at radius 2 is 1.82 bits per heavy atom. The molecule has 1 aliphatic rings. The minimum Gasteiger partial charge on any atom is -0.392 e. The summed E-state index contributed by atoms with van der Waals surface area (Å²) >= 11 is 0. The number of aryl methyl sites for hydroxylation is 1. The van der Waals surface area contributed by atoms with Gasteiger partial charge in [0.15, 0.2) is 9.84 Å². The van der Waals surface area contributed by atoms with E-state index in [1.807, 2.05) is 44.2 Å². The third kappa shape index (κ3) is 7.11. The Balaban J connectivity index is 1.49. The van der Waals surface area contributed by atoms with Crippen LogP contribution in [0.5, 0.6) is 0 Å². The van der Waals surface area contributed by atoms with Crippen LogP contribution in [0.1, 0.15) is 56.6 Å². The fourth-order valence-corrected chi connectivity index (χ4v) is 5.78. The quantitative estimate of drug-likeness (QED) is 0.408. The van der Waals surface area contributed by atoms with Crippen molar-refractivity contribution in [1.29, 1.82) is 0 Å². The number of ether oxygens (including phenoxy) is 1. The molecule has 34 heavy (non-hydrogen) atoms. The zero-order valence-corrected chi connectivity index (χ0v) is 21.0. The molecule has 2 aromatic rings. The maximum absolute atomic E-state index is 12.6. The molecule has 1 saturated carbocycles. The molecule has 1 N–H and O–H groups in total. The van der Waals surface area contributed by atoms with Crippen molar-refractivity contribution < 1.29 is 23.1 Å². The molecule has 2 aromatic carbocycles. The van der Waals surface area contributed by atoms with E-state index in [0.717, 1.165) is 24.0 Å². The second-order valence-corrected chi connectivity index (χ2v) is 11.5. The summed E-state index contributed by atoms with van der Waals surface area (Å²) in [5.41, 5.74) is 1.69. The molecule has 0 bridgehead atoms. The first-order chi connectivity index (χ1) is 16.2. The maximum atomic E-state index is 12.6. The van der Waals surface area contributed by atoms with Crippen LogP contribution in [0.25, 0.3) is 0 Å². The largest absolute Gasteiger partial charge is 0.392 e. The van der Waals surface area contributed by atoms with E-state index in [4.69, 9.17) is 4.74 Å². The molecule has 3 atom stereocenters. The predicted molar refractivity (Wildman–Crippen MR) is 134 cm³/mol. The fourth-order valence-electron chi connectivity index (χ4n) is 4.76. The molecule has 0 aliphatic heterocycles. The highest BCUT2D eigenvalue weighted by atomic mass is 32.2. The van der Waals surface area contributed by atoms with Crippen molar-refractivity contribution in [3.63, 3.8) is 0 Å². The smallest absolute Gasteiger partial charge is 0.199 e. The monoisotopic (exact) mass is 484 g/mol. The number of aliphatic hydroxyl groups is 1. The molecule has 0 aromatic heterocycles. The van der Waals surface area contributed by atoms with Crippen molar-refractivity contribution in [2.24, 2.45) is 11.3 Å². The Bertz CT molecular complexity index is 1060. The molecule has 0 spiro atoms. The van der Waals surface area contributed by atoms with E-state index in [9.17, 15) is 18.3 Å². The second kappa shape index (κ2) is 11.9. The van der Waals surface area contributed by atoms with Gasteiger partial charge in [0.05, 0.1) is 17.6 Å². The van der Waals surface area contributed by atoms with Crippen LogP contribution < -0.4 is 0 Å². The van der Waals surface area contributed by atoms with Crippen molar-refractivity contribution in [2.45, 2.75) is 70.0 Å². The number of Topliss-reactive ketones (excluding diaryl/α,β-unsaturated/α-hetero) is 1. The molecular formula is C28H36O5S. The van der Waals surface area contributed by atoms with Crippen LogP contribution in [0.2, 0.25) is 0 Å². The van der Waals surface area contributed by atoms with Gasteiger partial charge in [-0.3, -0.25) is 4.79 Å². The lowest BCUT2D eigenvalue weighted by atomic mass is 9.73. The number of sulfone groups is 1. The zero-order chi connectivity index (χ0) is 24.6. The Morgan fingerprint density at radius 3 is 2.53 bits per heavy atom. The zero-order valence-electron chi connectivity index (χ0n) is 20.2. The molecule has 0 heterocycles. The van der Waals surface area contributed by atoms with Gasteiger partial charge in [0.1, 0.15) is 5.78 Å². The van der Waals surface area contributed by atoms with Crippen molar-refractivity contribution >= 4 is 15.6 Å². The van der Waals surface area contributed by atoms with Crippen LogP contribution >= 0.6 is 0 Å². The van der Waals surface area contributed by atoms with Crippen molar-refractivity contribution in [2.75, 3.05) is 6.61 Å². The van der Waals surface area contributed by atoms with Crippen molar-refractivity contribution in [3.8, 4) is 0 Å². The summed E-state index contributed by atoms with van der Waals surface area (Å²) in [6.45, 7) is 5.07. The van der Waals surface area contributed by atoms with Crippen LogP contribution in [-0.4, -0.2) is 32.0 Å². The number of aliphatic hydroxyl groups excluding tert-OH is 1. The molecule has 1 aliphatic carbocycles. The van der Waals surface area contributed by atoms with Crippen molar-refractivity contribution in [3.05, 3.63) is 77.2 Å². The number of benzene rings is 2. The molecule has 5 nitrogen and oxygen atoms in total. The molecular weight excluding hydrogens is 448 g/mol. The maximum Gasteiger partial charge on any atom is 0.199 e. The van der Waals surface area contributed by atoms with Gasteiger partial charge in [0.2, 0.25) is 0 Å². The first-order valence-electron chi connectivity index (χ1n) is 12.0. The minimum absolute atomic E-state index is 0.0742. The lowest BCUT2D eigenvalue weighted by Crippen LogP contribution is -2.35. The van der Waals surface area contributed by atoms with E-state index in [1.54, 1.807) is 30.3 Å². The molecule has 1 fully saturated rings. The van der Waals surface area contributed by atoms with Gasteiger partial charge in [-0.25, -0.2) is 8.42 Å². The average Bonchev–Trinajstić information content (AvgIpc) is 3.11. The molecule has 0 radical (unpaired) electrons. The summed E-state index contributed by atoms with van der Waals surface area (Å²) in [4.78, 5) is 12.9. The first kappa shape index (κ1) is 26.3. The minimum atomic E-state index is -3.53. The number of hydrogen-bond donors (Lipinski definition) is 1. The topological polar surface area (TPSA) is 80.7 Å². The van der Waals surface area contributed by atoms with E-state index in [2.05, 4.69) is 0 Å². The van der Waals surface area contributed by atoms with Crippen LogP contribution in [-0.2, 0) is 26.0 Å². The molecule has 0 unspecified atom stereocenters. The van der Waals surface area contributed by atoms with Crippen LogP contribution in [0, 0.1) is 18.3 Å². The number of hydrogen-bond acceptors (Lipinski definition) is 5. The summed E-state index contributed by atoms with van der Waals surface area (Å²) in [6.07, 6.45) is 4.56. The summed E-state index contributed by atoms with van der Waals surface area (Å²) in [5.74, 6) is -0.394. The van der Waals surface area contributed by atoms with Gasteiger partial charge < -0.3 is 9.84 Å². The Labute approximate surface area is 203 Å². The van der Waals surface area contributed by atoms with E-state index in [1.165, 1.54) is 5.41 Å². The lowest BCUT2D eigenvalue weighted by molar-refractivity contribution is -0.126. The second-order valence-electron chi connectivity index (χ2n) is 9.63. The Kier molecular flexibility index (Phi) is 9.23. The molecule has 184 valence electrons. The molecule has 6 heteroatoms. The van der Waals surface area contributed by atoms with Gasteiger partial charge in [-0.05, 0) is 62.1 Å². The summed E-state index contributed by atoms with van der Waals surface area (Å²) < 4.78 is 30.9. The Morgan fingerprint density at radius 1 is 1.12 bits per heavy atom. The van der Waals surface area contributed by atoms with E-state index in [0.29, 0.717) is 38.9 Å².